The van der Waals surface area contributed by atoms with Gasteiger partial charge in [0.1, 0.15) is 5.82 Å². The molecule has 0 saturated carbocycles. The second-order valence-corrected chi connectivity index (χ2v) is 4.70. The molecule has 2 heterocycles. The fourth-order valence-corrected chi connectivity index (χ4v) is 2.76. The maximum absolute atomic E-state index is 13.9. The summed E-state index contributed by atoms with van der Waals surface area (Å²) in [7, 11) is 1.24. The number of carbonyl (C=O) groups excluding carboxylic acids is 1. The third kappa shape index (κ3) is 1.75. The number of esters is 1. The number of rotatable bonds is 1. The zero-order valence-corrected chi connectivity index (χ0v) is 10.5. The summed E-state index contributed by atoms with van der Waals surface area (Å²) in [6.07, 6.45) is 1.93. The summed E-state index contributed by atoms with van der Waals surface area (Å²) < 4.78 is 18.4. The smallest absolute Gasteiger partial charge is 0.340 e. The molecule has 2 aliphatic heterocycles. The van der Waals surface area contributed by atoms with Gasteiger partial charge in [-0.05, 0) is 18.9 Å². The molecule has 5 nitrogen and oxygen atoms in total. The van der Waals surface area contributed by atoms with Crippen LogP contribution in [0.2, 0.25) is 0 Å². The van der Waals surface area contributed by atoms with Crippen molar-refractivity contribution in [1.82, 2.24) is 4.90 Å². The van der Waals surface area contributed by atoms with Gasteiger partial charge in [-0.3, -0.25) is 0 Å². The van der Waals surface area contributed by atoms with Crippen molar-refractivity contribution < 1.29 is 13.9 Å². The van der Waals surface area contributed by atoms with Gasteiger partial charge in [-0.2, -0.15) is 0 Å². The highest BCUT2D eigenvalue weighted by atomic mass is 19.1. The monoisotopic (exact) mass is 263 g/mol. The topological polar surface area (TPSA) is 67.9 Å². The molecule has 0 spiro atoms. The molecule has 0 aromatic heterocycles. The number of hydrogen-bond donors (Lipinski definition) is 1. The number of hydrogen-bond acceptors (Lipinski definition) is 5. The highest BCUT2D eigenvalue weighted by Gasteiger charge is 2.34. The third-order valence-electron chi connectivity index (χ3n) is 3.66. The molecule has 100 valence electrons. The summed E-state index contributed by atoms with van der Waals surface area (Å²) in [6, 6.07) is 2.87. The second kappa shape index (κ2) is 4.22. The number of aliphatic imine (C=N–C) groups is 1. The Balaban J connectivity index is 2.14. The Morgan fingerprint density at radius 1 is 1.58 bits per heavy atom. The summed E-state index contributed by atoms with van der Waals surface area (Å²) in [5.41, 5.74) is 7.17. The van der Waals surface area contributed by atoms with E-state index in [2.05, 4.69) is 9.73 Å². The van der Waals surface area contributed by atoms with Gasteiger partial charge >= 0.3 is 5.97 Å². The zero-order chi connectivity index (χ0) is 13.6. The average molecular weight is 263 g/mol. The molecule has 1 fully saturated rings. The molecule has 19 heavy (non-hydrogen) atoms. The van der Waals surface area contributed by atoms with Crippen LogP contribution in [0.15, 0.2) is 17.1 Å². The Morgan fingerprint density at radius 2 is 2.37 bits per heavy atom. The van der Waals surface area contributed by atoms with Crippen molar-refractivity contribution in [3.8, 4) is 0 Å². The van der Waals surface area contributed by atoms with E-state index in [0.717, 1.165) is 24.9 Å². The van der Waals surface area contributed by atoms with Crippen LogP contribution in [0, 0.1) is 5.82 Å². The summed E-state index contributed by atoms with van der Waals surface area (Å²) in [4.78, 5) is 17.7. The van der Waals surface area contributed by atoms with E-state index in [1.54, 1.807) is 0 Å². The number of fused-ring (bicyclic) bond motifs is 3. The van der Waals surface area contributed by atoms with Crippen LogP contribution in [0.4, 0.5) is 10.1 Å². The van der Waals surface area contributed by atoms with Crippen molar-refractivity contribution in [2.24, 2.45) is 10.7 Å². The minimum absolute atomic E-state index is 0.0521. The molecule has 2 aliphatic rings. The number of ether oxygens (including phenoxy) is 1. The van der Waals surface area contributed by atoms with Crippen LogP contribution in [-0.4, -0.2) is 30.5 Å². The van der Waals surface area contributed by atoms with Gasteiger partial charge in [-0.25, -0.2) is 14.2 Å². The molecule has 0 radical (unpaired) electrons. The van der Waals surface area contributed by atoms with Crippen molar-refractivity contribution in [3.63, 3.8) is 0 Å². The van der Waals surface area contributed by atoms with Crippen LogP contribution in [0.25, 0.3) is 0 Å². The van der Waals surface area contributed by atoms with Crippen LogP contribution >= 0.6 is 0 Å². The lowest BCUT2D eigenvalue weighted by Gasteiger charge is -2.31. The maximum Gasteiger partial charge on any atom is 0.340 e. The average Bonchev–Trinajstić information content (AvgIpc) is 2.87. The number of halogens is 1. The summed E-state index contributed by atoms with van der Waals surface area (Å²) in [5.74, 6) is -0.888. The van der Waals surface area contributed by atoms with Gasteiger partial charge in [-0.15, -0.1) is 0 Å². The first kappa shape index (κ1) is 12.0. The molecule has 2 N–H and O–H groups in total. The fraction of sp³-hybridized carbons (Fsp3) is 0.385. The largest absolute Gasteiger partial charge is 0.465 e. The van der Waals surface area contributed by atoms with E-state index < -0.39 is 11.8 Å². The summed E-state index contributed by atoms with van der Waals surface area (Å²) in [6.45, 7) is 0.838. The molecule has 3 rings (SSSR count). The minimum Gasteiger partial charge on any atom is -0.465 e. The highest BCUT2D eigenvalue weighted by Crippen LogP contribution is 2.41. The predicted octanol–water partition coefficient (Wildman–Crippen LogP) is 1.71. The van der Waals surface area contributed by atoms with Crippen molar-refractivity contribution in [2.45, 2.75) is 18.9 Å². The second-order valence-electron chi connectivity index (χ2n) is 4.70. The van der Waals surface area contributed by atoms with E-state index >= 15 is 0 Å². The molecule has 0 amide bonds. The van der Waals surface area contributed by atoms with Crippen molar-refractivity contribution in [3.05, 3.63) is 29.1 Å². The first-order valence-electron chi connectivity index (χ1n) is 6.14. The van der Waals surface area contributed by atoms with Crippen LogP contribution < -0.4 is 5.73 Å². The maximum atomic E-state index is 13.9. The van der Waals surface area contributed by atoms with E-state index in [-0.39, 0.29) is 11.6 Å². The summed E-state index contributed by atoms with van der Waals surface area (Å²) >= 11 is 0. The van der Waals surface area contributed by atoms with E-state index in [1.165, 1.54) is 19.2 Å². The molecule has 1 aromatic carbocycles. The quantitative estimate of drug-likeness (QED) is 0.783. The number of guanidine groups is 1. The Morgan fingerprint density at radius 3 is 3.11 bits per heavy atom. The van der Waals surface area contributed by atoms with Gasteiger partial charge in [0.25, 0.3) is 0 Å². The SMILES string of the molecule is COC(=O)c1cc2c(cc1F)N=C(N)N1CCC[C@@H]21. The molecular weight excluding hydrogens is 249 g/mol. The van der Waals surface area contributed by atoms with Crippen molar-refractivity contribution in [2.75, 3.05) is 13.7 Å². The van der Waals surface area contributed by atoms with Gasteiger partial charge in [0, 0.05) is 18.2 Å². The number of nitrogens with zero attached hydrogens (tertiary/aromatic N) is 2. The van der Waals surface area contributed by atoms with E-state index in [1.807, 2.05) is 4.90 Å². The van der Waals surface area contributed by atoms with E-state index in [0.29, 0.717) is 11.6 Å². The van der Waals surface area contributed by atoms with E-state index in [9.17, 15) is 9.18 Å². The van der Waals surface area contributed by atoms with Crippen molar-refractivity contribution >= 4 is 17.6 Å². The molecule has 1 atom stereocenters. The first-order valence-corrected chi connectivity index (χ1v) is 6.14. The molecule has 0 bridgehead atoms. The third-order valence-corrected chi connectivity index (χ3v) is 3.66. The van der Waals surface area contributed by atoms with Crippen LogP contribution in [-0.2, 0) is 4.74 Å². The van der Waals surface area contributed by atoms with Gasteiger partial charge in [0.2, 0.25) is 0 Å². The van der Waals surface area contributed by atoms with Crippen LogP contribution in [0.5, 0.6) is 0 Å². The number of benzene rings is 1. The molecule has 1 aromatic rings. The fourth-order valence-electron chi connectivity index (χ4n) is 2.76. The Hall–Kier alpha value is -2.11. The van der Waals surface area contributed by atoms with Gasteiger partial charge < -0.3 is 15.4 Å². The standard InChI is InChI=1S/C13H14FN3O2/c1-19-12(18)7-5-8-10(6-9(7)14)16-13(15)17-4-2-3-11(8)17/h5-6,11H,2-4H2,1H3,(H2,15,16)/t11-/m0/s1. The lowest BCUT2D eigenvalue weighted by atomic mass is 9.98. The molecule has 0 aliphatic carbocycles. The lowest BCUT2D eigenvalue weighted by Crippen LogP contribution is -2.38. The zero-order valence-electron chi connectivity index (χ0n) is 10.5. The molecule has 0 unspecified atom stereocenters. The normalized spacial score (nSPS) is 20.6. The van der Waals surface area contributed by atoms with Crippen LogP contribution in [0.3, 0.4) is 0 Å². The first-order chi connectivity index (χ1) is 9.11. The highest BCUT2D eigenvalue weighted by molar-refractivity contribution is 5.92. The Labute approximate surface area is 109 Å². The Kier molecular flexibility index (Phi) is 2.66. The number of methoxy groups -OCH3 is 1. The molecule has 6 heteroatoms. The molecular formula is C13H14FN3O2. The lowest BCUT2D eigenvalue weighted by molar-refractivity contribution is 0.0595. The number of nitrogens with two attached hydrogens (primary N) is 1. The Bertz CT molecular complexity index is 585. The van der Waals surface area contributed by atoms with E-state index in [4.69, 9.17) is 5.73 Å². The minimum atomic E-state index is -0.674. The molecule has 1 saturated heterocycles. The number of carbonyl (C=O) groups is 1. The van der Waals surface area contributed by atoms with Crippen molar-refractivity contribution in [1.29, 1.82) is 0 Å². The van der Waals surface area contributed by atoms with Crippen LogP contribution in [0.1, 0.15) is 34.8 Å². The predicted molar refractivity (Wildman–Crippen MR) is 67.7 cm³/mol. The van der Waals surface area contributed by atoms with Gasteiger partial charge in [0.05, 0.1) is 24.4 Å². The summed E-state index contributed by atoms with van der Waals surface area (Å²) in [5, 5.41) is 0. The van der Waals surface area contributed by atoms with Gasteiger partial charge in [-0.1, -0.05) is 0 Å². The van der Waals surface area contributed by atoms with Gasteiger partial charge in [0.15, 0.2) is 5.96 Å².